The number of hydrogen-bond acceptors (Lipinski definition) is 3. The molecule has 5 nitrogen and oxygen atoms in total. The highest BCUT2D eigenvalue weighted by Crippen LogP contribution is 2.19. The lowest BCUT2D eigenvalue weighted by molar-refractivity contribution is 0.102. The maximum Gasteiger partial charge on any atom is 0.255 e. The van der Waals surface area contributed by atoms with Crippen LogP contribution < -0.4 is 10.0 Å². The van der Waals surface area contributed by atoms with E-state index in [0.29, 0.717) is 11.3 Å². The molecular weight excluding hydrogens is 324 g/mol. The van der Waals surface area contributed by atoms with E-state index in [-0.39, 0.29) is 11.7 Å². The van der Waals surface area contributed by atoms with Crippen molar-refractivity contribution in [2.45, 2.75) is 26.7 Å². The monoisotopic (exact) mass is 346 g/mol. The van der Waals surface area contributed by atoms with Gasteiger partial charge in [0.25, 0.3) is 5.91 Å². The predicted molar refractivity (Wildman–Crippen MR) is 97.9 cm³/mol. The SMILES string of the molecule is CCCc1ccccc1NC(=O)c1cccc(NS(=O)(=O)CC)c1. The first kappa shape index (κ1) is 18.0. The summed E-state index contributed by atoms with van der Waals surface area (Å²) in [5, 5.41) is 2.90. The average Bonchev–Trinajstić information content (AvgIpc) is 2.57. The molecule has 0 aliphatic heterocycles. The Kier molecular flexibility index (Phi) is 5.98. The number of para-hydroxylation sites is 1. The minimum atomic E-state index is -3.37. The van der Waals surface area contributed by atoms with Crippen LogP contribution in [-0.4, -0.2) is 20.1 Å². The Morgan fingerprint density at radius 2 is 1.79 bits per heavy atom. The van der Waals surface area contributed by atoms with E-state index in [1.54, 1.807) is 25.1 Å². The number of rotatable bonds is 7. The average molecular weight is 346 g/mol. The predicted octanol–water partition coefficient (Wildman–Crippen LogP) is 3.65. The molecule has 6 heteroatoms. The van der Waals surface area contributed by atoms with Crippen LogP contribution >= 0.6 is 0 Å². The minimum absolute atomic E-state index is 0.0200. The summed E-state index contributed by atoms with van der Waals surface area (Å²) in [7, 11) is -3.37. The van der Waals surface area contributed by atoms with Crippen molar-refractivity contribution in [3.8, 4) is 0 Å². The number of benzene rings is 2. The van der Waals surface area contributed by atoms with Crippen molar-refractivity contribution in [3.05, 3.63) is 59.7 Å². The molecular formula is C18H22N2O3S. The summed E-state index contributed by atoms with van der Waals surface area (Å²) in [6.45, 7) is 3.64. The van der Waals surface area contributed by atoms with E-state index < -0.39 is 10.0 Å². The summed E-state index contributed by atoms with van der Waals surface area (Å²) in [6, 6.07) is 14.1. The standard InChI is InChI=1S/C18H22N2O3S/c1-3-8-14-9-5-6-12-17(14)19-18(21)15-10-7-11-16(13-15)20-24(22,23)4-2/h5-7,9-13,20H,3-4,8H2,1-2H3,(H,19,21). The Morgan fingerprint density at radius 3 is 2.50 bits per heavy atom. The lowest BCUT2D eigenvalue weighted by atomic mass is 10.1. The van der Waals surface area contributed by atoms with Gasteiger partial charge in [-0.15, -0.1) is 0 Å². The third-order valence-electron chi connectivity index (χ3n) is 3.56. The van der Waals surface area contributed by atoms with Crippen molar-refractivity contribution in [2.24, 2.45) is 0 Å². The fourth-order valence-electron chi connectivity index (χ4n) is 2.30. The Labute approximate surface area is 143 Å². The van der Waals surface area contributed by atoms with Crippen LogP contribution in [0.2, 0.25) is 0 Å². The first-order valence-corrected chi connectivity index (χ1v) is 9.60. The third kappa shape index (κ3) is 4.83. The van der Waals surface area contributed by atoms with Gasteiger partial charge in [-0.3, -0.25) is 9.52 Å². The number of carbonyl (C=O) groups excluding carboxylic acids is 1. The van der Waals surface area contributed by atoms with Crippen molar-refractivity contribution in [3.63, 3.8) is 0 Å². The zero-order valence-corrected chi connectivity index (χ0v) is 14.7. The highest BCUT2D eigenvalue weighted by Gasteiger charge is 2.11. The molecule has 0 aromatic heterocycles. The van der Waals surface area contributed by atoms with Gasteiger partial charge in [-0.05, 0) is 43.2 Å². The van der Waals surface area contributed by atoms with Gasteiger partial charge in [0.1, 0.15) is 0 Å². The van der Waals surface area contributed by atoms with Gasteiger partial charge in [0, 0.05) is 16.9 Å². The fourth-order valence-corrected chi connectivity index (χ4v) is 2.93. The van der Waals surface area contributed by atoms with Crippen molar-refractivity contribution in [2.75, 3.05) is 15.8 Å². The van der Waals surface area contributed by atoms with E-state index in [9.17, 15) is 13.2 Å². The Morgan fingerprint density at radius 1 is 1.04 bits per heavy atom. The summed E-state index contributed by atoms with van der Waals surface area (Å²) in [4.78, 5) is 12.5. The number of sulfonamides is 1. The van der Waals surface area contributed by atoms with Gasteiger partial charge in [0.2, 0.25) is 10.0 Å². The molecule has 0 aliphatic carbocycles. The number of carbonyl (C=O) groups is 1. The van der Waals surface area contributed by atoms with E-state index in [0.717, 1.165) is 24.1 Å². The number of anilines is 2. The molecule has 2 aromatic rings. The number of amides is 1. The van der Waals surface area contributed by atoms with Crippen LogP contribution in [0, 0.1) is 0 Å². The maximum atomic E-state index is 12.5. The van der Waals surface area contributed by atoms with Gasteiger partial charge in [-0.2, -0.15) is 0 Å². The van der Waals surface area contributed by atoms with Gasteiger partial charge in [0.15, 0.2) is 0 Å². The first-order valence-electron chi connectivity index (χ1n) is 7.95. The molecule has 0 aliphatic rings. The Balaban J connectivity index is 2.19. The molecule has 0 unspecified atom stereocenters. The molecule has 24 heavy (non-hydrogen) atoms. The van der Waals surface area contributed by atoms with Crippen LogP contribution in [-0.2, 0) is 16.4 Å². The maximum absolute atomic E-state index is 12.5. The summed E-state index contributed by atoms with van der Waals surface area (Å²) < 4.78 is 25.7. The molecule has 2 rings (SSSR count). The van der Waals surface area contributed by atoms with Gasteiger partial charge < -0.3 is 5.32 Å². The summed E-state index contributed by atoms with van der Waals surface area (Å²) in [5.74, 6) is -0.288. The molecule has 0 radical (unpaired) electrons. The number of aryl methyl sites for hydroxylation is 1. The first-order chi connectivity index (χ1) is 11.4. The number of hydrogen-bond donors (Lipinski definition) is 2. The molecule has 0 spiro atoms. The lowest BCUT2D eigenvalue weighted by Crippen LogP contribution is -2.16. The van der Waals surface area contributed by atoms with Crippen LogP contribution in [0.15, 0.2) is 48.5 Å². The minimum Gasteiger partial charge on any atom is -0.322 e. The quantitative estimate of drug-likeness (QED) is 0.803. The topological polar surface area (TPSA) is 75.3 Å². The number of nitrogens with one attached hydrogen (secondary N) is 2. The summed E-state index contributed by atoms with van der Waals surface area (Å²) >= 11 is 0. The second-order valence-corrected chi connectivity index (χ2v) is 7.46. The molecule has 0 saturated carbocycles. The van der Waals surface area contributed by atoms with Crippen LogP contribution in [0.3, 0.4) is 0 Å². The van der Waals surface area contributed by atoms with Crippen molar-refractivity contribution in [1.29, 1.82) is 0 Å². The molecule has 128 valence electrons. The second-order valence-electron chi connectivity index (χ2n) is 5.45. The highest BCUT2D eigenvalue weighted by molar-refractivity contribution is 7.92. The van der Waals surface area contributed by atoms with Crippen LogP contribution in [0.5, 0.6) is 0 Å². The zero-order chi connectivity index (χ0) is 17.6. The molecule has 0 bridgehead atoms. The highest BCUT2D eigenvalue weighted by atomic mass is 32.2. The van der Waals surface area contributed by atoms with E-state index >= 15 is 0 Å². The zero-order valence-electron chi connectivity index (χ0n) is 13.9. The van der Waals surface area contributed by atoms with Crippen LogP contribution in [0.4, 0.5) is 11.4 Å². The van der Waals surface area contributed by atoms with Gasteiger partial charge in [-0.1, -0.05) is 37.6 Å². The summed E-state index contributed by atoms with van der Waals surface area (Å²) in [6.07, 6.45) is 1.87. The van der Waals surface area contributed by atoms with Crippen molar-refractivity contribution < 1.29 is 13.2 Å². The molecule has 0 fully saturated rings. The largest absolute Gasteiger partial charge is 0.322 e. The van der Waals surface area contributed by atoms with Gasteiger partial charge >= 0.3 is 0 Å². The van der Waals surface area contributed by atoms with E-state index in [1.807, 2.05) is 24.3 Å². The van der Waals surface area contributed by atoms with Crippen LogP contribution in [0.1, 0.15) is 36.2 Å². The van der Waals surface area contributed by atoms with Gasteiger partial charge in [-0.25, -0.2) is 8.42 Å². The second kappa shape index (κ2) is 7.97. The van der Waals surface area contributed by atoms with Crippen LogP contribution in [0.25, 0.3) is 0 Å². The molecule has 2 aromatic carbocycles. The normalized spacial score (nSPS) is 11.1. The van der Waals surface area contributed by atoms with E-state index in [2.05, 4.69) is 17.0 Å². The Hall–Kier alpha value is -2.34. The summed E-state index contributed by atoms with van der Waals surface area (Å²) in [5.41, 5.74) is 2.64. The van der Waals surface area contributed by atoms with E-state index in [4.69, 9.17) is 0 Å². The van der Waals surface area contributed by atoms with Crippen molar-refractivity contribution in [1.82, 2.24) is 0 Å². The van der Waals surface area contributed by atoms with E-state index in [1.165, 1.54) is 6.07 Å². The van der Waals surface area contributed by atoms with Crippen molar-refractivity contribution >= 4 is 27.3 Å². The Bertz CT molecular complexity index is 817. The fraction of sp³-hybridized carbons (Fsp3) is 0.278. The smallest absolute Gasteiger partial charge is 0.255 e. The molecule has 0 saturated heterocycles. The molecule has 2 N–H and O–H groups in total. The van der Waals surface area contributed by atoms with Gasteiger partial charge in [0.05, 0.1) is 5.75 Å². The third-order valence-corrected chi connectivity index (χ3v) is 4.87. The molecule has 0 heterocycles. The lowest BCUT2D eigenvalue weighted by Gasteiger charge is -2.11. The molecule has 1 amide bonds. The molecule has 0 atom stereocenters.